The lowest BCUT2D eigenvalue weighted by Crippen LogP contribution is -2.28. The molecule has 36 heavy (non-hydrogen) atoms. The standard InChI is InChI=1S/C29H39NO5S/c1-18-15-23(30-36(33)17-20-9-6-7-10-20)19(2)26(27(28(31)32)35-29(3,4)5)25(18)22-12-13-24-21(16-22)11-8-14-34-24/h12-13,15-16,20,27,30H,6-11,14,17H2,1-5H3,(H,31,32). The van der Waals surface area contributed by atoms with Crippen LogP contribution in [-0.2, 0) is 26.9 Å². The predicted octanol–water partition coefficient (Wildman–Crippen LogP) is 6.50. The van der Waals surface area contributed by atoms with E-state index in [9.17, 15) is 14.1 Å². The zero-order valence-electron chi connectivity index (χ0n) is 22.1. The van der Waals surface area contributed by atoms with Crippen LogP contribution in [0.4, 0.5) is 5.69 Å². The average molecular weight is 514 g/mol. The summed E-state index contributed by atoms with van der Waals surface area (Å²) >= 11 is 0. The van der Waals surface area contributed by atoms with E-state index < -0.39 is 28.7 Å². The van der Waals surface area contributed by atoms with Crippen molar-refractivity contribution in [1.82, 2.24) is 0 Å². The number of rotatable bonds is 8. The highest BCUT2D eigenvalue weighted by molar-refractivity contribution is 7.86. The third kappa shape index (κ3) is 6.12. The second-order valence-electron chi connectivity index (χ2n) is 11.1. The summed E-state index contributed by atoms with van der Waals surface area (Å²) in [6.07, 6.45) is 5.37. The molecule has 2 unspecified atom stereocenters. The van der Waals surface area contributed by atoms with Gasteiger partial charge in [-0.15, -0.1) is 0 Å². The molecular formula is C29H39NO5S. The van der Waals surface area contributed by atoms with Crippen molar-refractivity contribution in [3.63, 3.8) is 0 Å². The lowest BCUT2D eigenvalue weighted by atomic mass is 9.86. The van der Waals surface area contributed by atoms with Crippen molar-refractivity contribution in [2.24, 2.45) is 5.92 Å². The van der Waals surface area contributed by atoms with E-state index in [1.165, 1.54) is 12.8 Å². The second kappa shape index (κ2) is 10.9. The van der Waals surface area contributed by atoms with Crippen LogP contribution >= 0.6 is 0 Å². The number of ether oxygens (including phenoxy) is 2. The summed E-state index contributed by atoms with van der Waals surface area (Å²) in [7, 11) is -1.24. The van der Waals surface area contributed by atoms with E-state index in [-0.39, 0.29) is 0 Å². The number of nitrogens with one attached hydrogen (secondary N) is 1. The van der Waals surface area contributed by atoms with E-state index >= 15 is 0 Å². The van der Waals surface area contributed by atoms with Crippen LogP contribution in [0.25, 0.3) is 11.1 Å². The van der Waals surface area contributed by atoms with E-state index in [2.05, 4.69) is 10.8 Å². The van der Waals surface area contributed by atoms with Gasteiger partial charge in [0, 0.05) is 17.0 Å². The van der Waals surface area contributed by atoms with Crippen molar-refractivity contribution in [1.29, 1.82) is 0 Å². The van der Waals surface area contributed by atoms with Crippen LogP contribution in [0.2, 0.25) is 0 Å². The summed E-state index contributed by atoms with van der Waals surface area (Å²) < 4.78 is 28.2. The quantitative estimate of drug-likeness (QED) is 0.421. The Morgan fingerprint density at radius 2 is 1.92 bits per heavy atom. The number of anilines is 1. The summed E-state index contributed by atoms with van der Waals surface area (Å²) in [4.78, 5) is 12.6. The molecule has 0 aromatic heterocycles. The molecule has 4 rings (SSSR count). The summed E-state index contributed by atoms with van der Waals surface area (Å²) in [5.74, 6) is 0.940. The fourth-order valence-electron chi connectivity index (χ4n) is 5.42. The van der Waals surface area contributed by atoms with Crippen molar-refractivity contribution < 1.29 is 23.6 Å². The number of hydrogen-bond donors (Lipinski definition) is 2. The Morgan fingerprint density at radius 3 is 2.58 bits per heavy atom. The zero-order chi connectivity index (χ0) is 26.0. The Kier molecular flexibility index (Phi) is 8.10. The van der Waals surface area contributed by atoms with Gasteiger partial charge >= 0.3 is 5.97 Å². The minimum Gasteiger partial charge on any atom is -0.493 e. The SMILES string of the molecule is Cc1cc(NS(=O)CC2CCCC2)c(C)c(C(OC(C)(C)C)C(=O)O)c1-c1ccc2c(c1)CCCO2. The molecule has 196 valence electrons. The number of fused-ring (bicyclic) bond motifs is 1. The van der Waals surface area contributed by atoms with Gasteiger partial charge in [0.25, 0.3) is 0 Å². The molecule has 2 aromatic carbocycles. The van der Waals surface area contributed by atoms with Crippen LogP contribution in [0, 0.1) is 19.8 Å². The summed E-state index contributed by atoms with van der Waals surface area (Å²) in [5, 5.41) is 10.3. The third-order valence-electron chi connectivity index (χ3n) is 7.07. The third-order valence-corrected chi connectivity index (χ3v) is 8.29. The van der Waals surface area contributed by atoms with Crippen LogP contribution in [0.15, 0.2) is 24.3 Å². The van der Waals surface area contributed by atoms with Gasteiger partial charge in [-0.2, -0.15) is 0 Å². The van der Waals surface area contributed by atoms with Crippen LogP contribution in [0.1, 0.15) is 81.2 Å². The van der Waals surface area contributed by atoms with Crippen LogP contribution in [0.3, 0.4) is 0 Å². The minimum atomic E-state index is -1.24. The van der Waals surface area contributed by atoms with Gasteiger partial charge in [0.2, 0.25) is 0 Å². The molecule has 2 atom stereocenters. The van der Waals surface area contributed by atoms with Crippen molar-refractivity contribution in [3.8, 4) is 16.9 Å². The molecule has 0 amide bonds. The minimum absolute atomic E-state index is 0.479. The number of carbonyl (C=O) groups is 1. The number of carboxylic acids is 1. The van der Waals surface area contributed by atoms with Crippen molar-refractivity contribution in [3.05, 3.63) is 46.5 Å². The molecule has 0 spiro atoms. The van der Waals surface area contributed by atoms with Gasteiger partial charge in [0.15, 0.2) is 6.10 Å². The molecule has 1 saturated carbocycles. The molecule has 1 heterocycles. The first-order chi connectivity index (χ1) is 17.0. The number of aryl methyl sites for hydroxylation is 2. The number of aliphatic carboxylic acids is 1. The summed E-state index contributed by atoms with van der Waals surface area (Å²) in [6, 6.07) is 8.08. The highest BCUT2D eigenvalue weighted by Crippen LogP contribution is 2.42. The first kappa shape index (κ1) is 26.7. The lowest BCUT2D eigenvalue weighted by molar-refractivity contribution is -0.160. The maximum absolute atomic E-state index is 13.0. The molecule has 6 nitrogen and oxygen atoms in total. The number of carboxylic acid groups (broad SMARTS) is 1. The molecule has 0 bridgehead atoms. The number of benzene rings is 2. The Labute approximate surface area is 217 Å². The molecule has 1 fully saturated rings. The van der Waals surface area contributed by atoms with E-state index in [0.717, 1.165) is 59.3 Å². The average Bonchev–Trinajstić information content (AvgIpc) is 3.31. The van der Waals surface area contributed by atoms with Gasteiger partial charge in [-0.1, -0.05) is 18.9 Å². The Balaban J connectivity index is 1.81. The summed E-state index contributed by atoms with van der Waals surface area (Å²) in [6.45, 7) is 10.2. The molecule has 7 heteroatoms. The molecule has 2 aliphatic rings. The Morgan fingerprint density at radius 1 is 1.19 bits per heavy atom. The van der Waals surface area contributed by atoms with Gasteiger partial charge in [-0.25, -0.2) is 9.00 Å². The fraction of sp³-hybridized carbons (Fsp3) is 0.552. The van der Waals surface area contributed by atoms with Gasteiger partial charge in [-0.05, 0) is 112 Å². The van der Waals surface area contributed by atoms with Crippen molar-refractivity contribution in [2.45, 2.75) is 84.8 Å². The lowest BCUT2D eigenvalue weighted by Gasteiger charge is -2.30. The van der Waals surface area contributed by atoms with Crippen LogP contribution in [0.5, 0.6) is 5.75 Å². The molecule has 1 aliphatic carbocycles. The largest absolute Gasteiger partial charge is 0.493 e. The predicted molar refractivity (Wildman–Crippen MR) is 145 cm³/mol. The number of hydrogen-bond acceptors (Lipinski definition) is 4. The van der Waals surface area contributed by atoms with Crippen molar-refractivity contribution in [2.75, 3.05) is 17.1 Å². The second-order valence-corrected chi connectivity index (χ2v) is 12.4. The monoisotopic (exact) mass is 513 g/mol. The van der Waals surface area contributed by atoms with Crippen LogP contribution in [-0.4, -0.2) is 33.2 Å². The first-order valence-electron chi connectivity index (χ1n) is 13.0. The molecule has 2 N–H and O–H groups in total. The maximum atomic E-state index is 13.0. The van der Waals surface area contributed by atoms with E-state index in [0.29, 0.717) is 29.5 Å². The van der Waals surface area contributed by atoms with Gasteiger partial charge in [-0.3, -0.25) is 0 Å². The molecule has 0 radical (unpaired) electrons. The molecule has 1 aliphatic heterocycles. The topological polar surface area (TPSA) is 84.9 Å². The zero-order valence-corrected chi connectivity index (χ0v) is 22.9. The van der Waals surface area contributed by atoms with E-state index in [1.54, 1.807) is 0 Å². The van der Waals surface area contributed by atoms with Crippen LogP contribution < -0.4 is 9.46 Å². The highest BCUT2D eigenvalue weighted by atomic mass is 32.2. The van der Waals surface area contributed by atoms with Crippen molar-refractivity contribution >= 4 is 22.6 Å². The van der Waals surface area contributed by atoms with Gasteiger partial charge < -0.3 is 19.3 Å². The Hall–Kier alpha value is -2.38. The van der Waals surface area contributed by atoms with E-state index in [1.807, 2.05) is 52.8 Å². The normalized spacial score (nSPS) is 17.8. The first-order valence-corrected chi connectivity index (χ1v) is 14.3. The Bertz CT molecular complexity index is 1150. The van der Waals surface area contributed by atoms with Gasteiger partial charge in [0.05, 0.1) is 12.2 Å². The molecule has 2 aromatic rings. The highest BCUT2D eigenvalue weighted by Gasteiger charge is 2.33. The maximum Gasteiger partial charge on any atom is 0.337 e. The fourth-order valence-corrected chi connectivity index (χ4v) is 6.72. The molecule has 0 saturated heterocycles. The van der Waals surface area contributed by atoms with E-state index in [4.69, 9.17) is 9.47 Å². The van der Waals surface area contributed by atoms with Gasteiger partial charge in [0.1, 0.15) is 16.7 Å². The molecular weight excluding hydrogens is 474 g/mol. The smallest absolute Gasteiger partial charge is 0.337 e. The summed E-state index contributed by atoms with van der Waals surface area (Å²) in [5.41, 5.74) is 5.23.